The van der Waals surface area contributed by atoms with Gasteiger partial charge in [0.1, 0.15) is 0 Å². The van der Waals surface area contributed by atoms with Crippen molar-refractivity contribution in [3.63, 3.8) is 0 Å². The van der Waals surface area contributed by atoms with Gasteiger partial charge in [0.05, 0.1) is 29.7 Å². The minimum absolute atomic E-state index is 0.0125. The number of alkyl halides is 3. The van der Waals surface area contributed by atoms with E-state index in [-0.39, 0.29) is 40.5 Å². The maximum Gasteiger partial charge on any atom is 0.416 e. The lowest BCUT2D eigenvalue weighted by Crippen LogP contribution is -2.35. The summed E-state index contributed by atoms with van der Waals surface area (Å²) in [5.74, 6) is 0.404. The number of carbonyl (C=O) groups is 1. The second-order valence-electron chi connectivity index (χ2n) is 8.82. The molecule has 0 aliphatic rings. The van der Waals surface area contributed by atoms with Crippen LogP contribution in [-0.2, 0) is 12.6 Å². The molecule has 3 aromatic rings. The number of carbonyl (C=O) groups excluding carboxylic acids is 1. The average Bonchev–Trinajstić information content (AvgIpc) is 2.76. The SMILES string of the molecule is CCOc1cc(-c2ncc(NC(=O)Nc3ccc(CC(C)(C)N)c(C(F)(F)F)c3)c(C)n2)c[nH]c1=O. The second kappa shape index (κ2) is 10.4. The number of aromatic nitrogens is 3. The number of anilines is 2. The number of rotatable bonds is 7. The predicted octanol–water partition coefficient (Wildman–Crippen LogP) is 4.48. The number of amides is 2. The molecule has 0 aliphatic carbocycles. The number of ether oxygens (including phenoxy) is 1. The Labute approximate surface area is 205 Å². The highest BCUT2D eigenvalue weighted by atomic mass is 19.4. The number of urea groups is 1. The van der Waals surface area contributed by atoms with E-state index in [1.54, 1.807) is 27.7 Å². The monoisotopic (exact) mass is 504 g/mol. The minimum Gasteiger partial charge on any atom is -0.488 e. The van der Waals surface area contributed by atoms with Gasteiger partial charge in [-0.25, -0.2) is 14.8 Å². The molecular formula is C24H27F3N6O3. The van der Waals surface area contributed by atoms with E-state index in [0.717, 1.165) is 6.07 Å². The van der Waals surface area contributed by atoms with Gasteiger partial charge in [-0.1, -0.05) is 6.07 Å². The van der Waals surface area contributed by atoms with E-state index in [2.05, 4.69) is 25.6 Å². The van der Waals surface area contributed by atoms with Crippen LogP contribution >= 0.6 is 0 Å². The number of nitrogens with one attached hydrogen (secondary N) is 3. The van der Waals surface area contributed by atoms with Crippen molar-refractivity contribution in [1.82, 2.24) is 15.0 Å². The molecule has 0 bridgehead atoms. The molecule has 3 rings (SSSR count). The summed E-state index contributed by atoms with van der Waals surface area (Å²) in [5, 5.41) is 4.93. The van der Waals surface area contributed by atoms with E-state index in [1.165, 1.54) is 30.6 Å². The molecule has 0 radical (unpaired) electrons. The number of halogens is 3. The van der Waals surface area contributed by atoms with E-state index in [9.17, 15) is 22.8 Å². The maximum atomic E-state index is 13.6. The second-order valence-corrected chi connectivity index (χ2v) is 8.82. The van der Waals surface area contributed by atoms with Gasteiger partial charge in [0.15, 0.2) is 11.6 Å². The number of H-pyrrole nitrogens is 1. The fourth-order valence-electron chi connectivity index (χ4n) is 3.43. The van der Waals surface area contributed by atoms with Gasteiger partial charge in [-0.15, -0.1) is 0 Å². The third-order valence-electron chi connectivity index (χ3n) is 4.97. The van der Waals surface area contributed by atoms with Gasteiger partial charge in [0, 0.05) is 23.0 Å². The summed E-state index contributed by atoms with van der Waals surface area (Å²) in [5.41, 5.74) is 4.95. The Bertz CT molecular complexity index is 1320. The standard InChI is InChI=1S/C24H27F3N6O3/c1-5-36-19-8-15(11-30-21(19)34)20-29-12-18(13(2)31-20)33-22(35)32-16-7-6-14(10-23(3,4)28)17(9-16)24(25,26)27/h6-9,11-12H,5,10,28H2,1-4H3,(H,30,34)(H2,32,33,35). The third kappa shape index (κ3) is 6.81. The zero-order valence-electron chi connectivity index (χ0n) is 20.2. The van der Waals surface area contributed by atoms with Gasteiger partial charge in [-0.05, 0) is 57.9 Å². The first kappa shape index (κ1) is 26.7. The third-order valence-corrected chi connectivity index (χ3v) is 4.97. The molecule has 5 N–H and O–H groups in total. The maximum absolute atomic E-state index is 13.6. The molecule has 0 fully saturated rings. The molecule has 12 heteroatoms. The molecule has 9 nitrogen and oxygen atoms in total. The first-order chi connectivity index (χ1) is 16.8. The predicted molar refractivity (Wildman–Crippen MR) is 130 cm³/mol. The van der Waals surface area contributed by atoms with Gasteiger partial charge >= 0.3 is 12.2 Å². The van der Waals surface area contributed by atoms with Gasteiger partial charge < -0.3 is 26.1 Å². The number of nitrogens with two attached hydrogens (primary N) is 1. The molecule has 0 aliphatic heterocycles. The Kier molecular flexibility index (Phi) is 7.68. The topological polar surface area (TPSA) is 135 Å². The Morgan fingerprint density at radius 3 is 2.53 bits per heavy atom. The largest absolute Gasteiger partial charge is 0.488 e. The summed E-state index contributed by atoms with van der Waals surface area (Å²) in [6, 6.07) is 4.30. The smallest absolute Gasteiger partial charge is 0.416 e. The van der Waals surface area contributed by atoms with Crippen LogP contribution in [0.5, 0.6) is 5.75 Å². The molecular weight excluding hydrogens is 477 g/mol. The minimum atomic E-state index is -4.61. The summed E-state index contributed by atoms with van der Waals surface area (Å²) >= 11 is 0. The van der Waals surface area contributed by atoms with Crippen LogP contribution in [0.3, 0.4) is 0 Å². The highest BCUT2D eigenvalue weighted by Gasteiger charge is 2.34. The first-order valence-electron chi connectivity index (χ1n) is 11.0. The van der Waals surface area contributed by atoms with Crippen molar-refractivity contribution in [2.45, 2.75) is 45.8 Å². The van der Waals surface area contributed by atoms with E-state index in [0.29, 0.717) is 17.9 Å². The van der Waals surface area contributed by atoms with E-state index in [1.807, 2.05) is 0 Å². The average molecular weight is 505 g/mol. The van der Waals surface area contributed by atoms with Crippen LogP contribution in [0.2, 0.25) is 0 Å². The van der Waals surface area contributed by atoms with E-state index >= 15 is 0 Å². The van der Waals surface area contributed by atoms with Gasteiger partial charge in [0.25, 0.3) is 5.56 Å². The van der Waals surface area contributed by atoms with Crippen LogP contribution in [0.1, 0.15) is 37.6 Å². The van der Waals surface area contributed by atoms with Crippen molar-refractivity contribution in [3.8, 4) is 17.1 Å². The zero-order chi connectivity index (χ0) is 26.7. The summed E-state index contributed by atoms with van der Waals surface area (Å²) in [7, 11) is 0. The highest BCUT2D eigenvalue weighted by Crippen LogP contribution is 2.35. The Balaban J connectivity index is 1.77. The summed E-state index contributed by atoms with van der Waals surface area (Å²) < 4.78 is 46.1. The molecule has 0 saturated carbocycles. The van der Waals surface area contributed by atoms with Crippen molar-refractivity contribution in [3.05, 3.63) is 63.8 Å². The molecule has 0 unspecified atom stereocenters. The molecule has 0 spiro atoms. The van der Waals surface area contributed by atoms with Gasteiger partial charge in [-0.2, -0.15) is 13.2 Å². The van der Waals surface area contributed by atoms with E-state index < -0.39 is 23.3 Å². The lowest BCUT2D eigenvalue weighted by molar-refractivity contribution is -0.138. The van der Waals surface area contributed by atoms with Crippen LogP contribution in [0.15, 0.2) is 41.5 Å². The Hall–Kier alpha value is -3.93. The quantitative estimate of drug-likeness (QED) is 0.375. The number of benzene rings is 1. The number of aromatic amines is 1. The number of nitrogens with zero attached hydrogens (tertiary/aromatic N) is 2. The fraction of sp³-hybridized carbons (Fsp3) is 0.333. The summed E-state index contributed by atoms with van der Waals surface area (Å²) in [4.78, 5) is 35.4. The van der Waals surface area contributed by atoms with Gasteiger partial charge in [-0.3, -0.25) is 4.79 Å². The highest BCUT2D eigenvalue weighted by molar-refractivity contribution is 6.00. The lowest BCUT2D eigenvalue weighted by Gasteiger charge is -2.22. The molecule has 2 amide bonds. The fourth-order valence-corrected chi connectivity index (χ4v) is 3.43. The molecule has 2 aromatic heterocycles. The van der Waals surface area contributed by atoms with Crippen LogP contribution in [0.4, 0.5) is 29.3 Å². The van der Waals surface area contributed by atoms with Gasteiger partial charge in [0.2, 0.25) is 0 Å². The molecule has 1 aromatic carbocycles. The van der Waals surface area contributed by atoms with Crippen molar-refractivity contribution < 1.29 is 22.7 Å². The number of hydrogen-bond acceptors (Lipinski definition) is 6. The van der Waals surface area contributed by atoms with Crippen molar-refractivity contribution >= 4 is 17.4 Å². The molecule has 36 heavy (non-hydrogen) atoms. The number of pyridine rings is 1. The molecule has 0 saturated heterocycles. The number of hydrogen-bond donors (Lipinski definition) is 4. The lowest BCUT2D eigenvalue weighted by atomic mass is 9.92. The van der Waals surface area contributed by atoms with Crippen LogP contribution in [0, 0.1) is 6.92 Å². The van der Waals surface area contributed by atoms with Crippen LogP contribution in [-0.4, -0.2) is 33.1 Å². The molecule has 192 valence electrons. The Morgan fingerprint density at radius 2 is 1.92 bits per heavy atom. The van der Waals surface area contributed by atoms with E-state index in [4.69, 9.17) is 10.5 Å². The van der Waals surface area contributed by atoms with Crippen LogP contribution < -0.4 is 26.7 Å². The summed E-state index contributed by atoms with van der Waals surface area (Å²) in [6.45, 7) is 6.95. The molecule has 0 atom stereocenters. The summed E-state index contributed by atoms with van der Waals surface area (Å²) in [6.07, 6.45) is -1.80. The van der Waals surface area contributed by atoms with Crippen molar-refractivity contribution in [1.29, 1.82) is 0 Å². The number of aryl methyl sites for hydroxylation is 1. The first-order valence-corrected chi connectivity index (χ1v) is 11.0. The van der Waals surface area contributed by atoms with Crippen LogP contribution in [0.25, 0.3) is 11.4 Å². The van der Waals surface area contributed by atoms with Crippen molar-refractivity contribution in [2.75, 3.05) is 17.2 Å². The normalized spacial score (nSPS) is 11.8. The van der Waals surface area contributed by atoms with Crippen molar-refractivity contribution in [2.24, 2.45) is 5.73 Å². The zero-order valence-corrected chi connectivity index (χ0v) is 20.2. The Morgan fingerprint density at radius 1 is 1.19 bits per heavy atom. The molecule has 2 heterocycles.